The molecule has 0 aliphatic carbocycles. The summed E-state index contributed by atoms with van der Waals surface area (Å²) < 4.78 is 5.65. The van der Waals surface area contributed by atoms with Crippen molar-refractivity contribution < 1.29 is 29.0 Å². The highest BCUT2D eigenvalue weighted by molar-refractivity contribution is 5.99. The first kappa shape index (κ1) is 22.2. The van der Waals surface area contributed by atoms with Crippen molar-refractivity contribution in [3.63, 3.8) is 0 Å². The van der Waals surface area contributed by atoms with Crippen molar-refractivity contribution in [2.24, 2.45) is 5.92 Å². The minimum atomic E-state index is -1.25. The van der Waals surface area contributed by atoms with Crippen LogP contribution in [0.2, 0.25) is 0 Å². The fourth-order valence-electron chi connectivity index (χ4n) is 2.91. The molecule has 0 saturated heterocycles. The first-order valence-corrected chi connectivity index (χ1v) is 9.62. The van der Waals surface area contributed by atoms with Gasteiger partial charge in [-0.05, 0) is 30.9 Å². The van der Waals surface area contributed by atoms with E-state index in [2.05, 4.69) is 16.0 Å². The van der Waals surface area contributed by atoms with Gasteiger partial charge in [0.1, 0.15) is 17.8 Å². The summed E-state index contributed by atoms with van der Waals surface area (Å²) in [7, 11) is 0. The van der Waals surface area contributed by atoms with Crippen molar-refractivity contribution in [1.82, 2.24) is 16.0 Å². The topological polar surface area (TPSA) is 134 Å². The average Bonchev–Trinajstić information content (AvgIpc) is 2.67. The largest absolute Gasteiger partial charge is 0.493 e. The summed E-state index contributed by atoms with van der Waals surface area (Å²) in [6.07, 6.45) is 0.243. The average molecular weight is 405 g/mol. The van der Waals surface area contributed by atoms with Gasteiger partial charge in [0.2, 0.25) is 11.8 Å². The van der Waals surface area contributed by atoms with Crippen molar-refractivity contribution in [3.8, 4) is 5.75 Å². The lowest BCUT2D eigenvalue weighted by molar-refractivity contribution is -0.139. The number of benzene rings is 1. The zero-order valence-corrected chi connectivity index (χ0v) is 16.6. The van der Waals surface area contributed by atoms with Crippen LogP contribution in [0.1, 0.15) is 43.5 Å². The number of rotatable bonds is 2. The van der Waals surface area contributed by atoms with Crippen molar-refractivity contribution in [1.29, 1.82) is 0 Å². The lowest BCUT2D eigenvalue weighted by Gasteiger charge is -2.23. The van der Waals surface area contributed by atoms with Gasteiger partial charge in [0.25, 0.3) is 5.91 Å². The normalized spacial score (nSPS) is 22.0. The van der Waals surface area contributed by atoms with Crippen molar-refractivity contribution in [2.75, 3.05) is 13.2 Å². The maximum Gasteiger partial charge on any atom is 0.326 e. The number of carbonyl (C=O) groups excluding carboxylic acids is 3. The molecule has 4 N–H and O–H groups in total. The highest BCUT2D eigenvalue weighted by atomic mass is 16.5. The van der Waals surface area contributed by atoms with Crippen LogP contribution in [0.5, 0.6) is 5.75 Å². The quantitative estimate of drug-likeness (QED) is 0.572. The Morgan fingerprint density at radius 3 is 2.59 bits per heavy atom. The van der Waals surface area contributed by atoms with E-state index >= 15 is 0 Å². The molecule has 1 aliphatic rings. The lowest BCUT2D eigenvalue weighted by atomic mass is 10.0. The molecule has 0 fully saturated rings. The maximum absolute atomic E-state index is 12.6. The monoisotopic (exact) mass is 405 g/mol. The van der Waals surface area contributed by atoms with Crippen LogP contribution in [0.4, 0.5) is 0 Å². The van der Waals surface area contributed by atoms with E-state index in [1.54, 1.807) is 18.2 Å². The second kappa shape index (κ2) is 10.4. The molecule has 1 heterocycles. The predicted octanol–water partition coefficient (Wildman–Crippen LogP) is 0.689. The van der Waals surface area contributed by atoms with Gasteiger partial charge in [-0.1, -0.05) is 26.0 Å². The third-order valence-electron chi connectivity index (χ3n) is 4.54. The van der Waals surface area contributed by atoms with E-state index in [4.69, 9.17) is 4.74 Å². The standard InChI is InChI=1S/C20H27N3O6/c1-12(2)17-19(26)21-10-5-11-29-15-7-4-3-6-13(15)18(25)22-14(20(27)28)8-9-16(24)23-17/h3-4,6-7,12,14,17H,5,8-11H2,1-2H3,(H,21,26)(H,22,25)(H,23,24)(H,27,28)/t14-,17+/m0/s1. The number of ether oxygens (including phenoxy) is 1. The lowest BCUT2D eigenvalue weighted by Crippen LogP contribution is -2.50. The minimum absolute atomic E-state index is 0.109. The van der Waals surface area contributed by atoms with Crippen LogP contribution in [-0.4, -0.2) is 54.0 Å². The Morgan fingerprint density at radius 2 is 1.90 bits per heavy atom. The molecule has 9 nitrogen and oxygen atoms in total. The van der Waals surface area contributed by atoms with E-state index in [1.165, 1.54) is 6.07 Å². The van der Waals surface area contributed by atoms with Gasteiger partial charge in [0, 0.05) is 13.0 Å². The van der Waals surface area contributed by atoms with Gasteiger partial charge in [-0.25, -0.2) is 4.79 Å². The molecular weight excluding hydrogens is 378 g/mol. The van der Waals surface area contributed by atoms with Gasteiger partial charge in [0.05, 0.1) is 12.2 Å². The van der Waals surface area contributed by atoms with Crippen LogP contribution >= 0.6 is 0 Å². The predicted molar refractivity (Wildman–Crippen MR) is 104 cm³/mol. The third-order valence-corrected chi connectivity index (χ3v) is 4.54. The van der Waals surface area contributed by atoms with E-state index in [1.807, 2.05) is 13.8 Å². The number of carboxylic acids is 1. The molecular formula is C20H27N3O6. The summed E-state index contributed by atoms with van der Waals surface area (Å²) in [6, 6.07) is 4.53. The number of hydrogen-bond donors (Lipinski definition) is 4. The molecule has 158 valence electrons. The van der Waals surface area contributed by atoms with Gasteiger partial charge >= 0.3 is 5.97 Å². The van der Waals surface area contributed by atoms with Crippen LogP contribution < -0.4 is 20.7 Å². The molecule has 0 spiro atoms. The van der Waals surface area contributed by atoms with Crippen LogP contribution in [0.15, 0.2) is 24.3 Å². The Labute approximate surface area is 169 Å². The second-order valence-corrected chi connectivity index (χ2v) is 7.18. The summed E-state index contributed by atoms with van der Waals surface area (Å²) in [6.45, 7) is 4.23. The van der Waals surface area contributed by atoms with Crippen LogP contribution in [0.25, 0.3) is 0 Å². The number of amides is 3. The molecule has 9 heteroatoms. The van der Waals surface area contributed by atoms with Gasteiger partial charge in [-0.3, -0.25) is 14.4 Å². The molecule has 0 unspecified atom stereocenters. The number of nitrogens with one attached hydrogen (secondary N) is 3. The molecule has 0 bridgehead atoms. The number of carbonyl (C=O) groups is 4. The second-order valence-electron chi connectivity index (χ2n) is 7.18. The van der Waals surface area contributed by atoms with E-state index in [9.17, 15) is 24.3 Å². The summed E-state index contributed by atoms with van der Waals surface area (Å²) in [5.41, 5.74) is 0.208. The molecule has 0 radical (unpaired) electrons. The Morgan fingerprint density at radius 1 is 1.17 bits per heavy atom. The number of aliphatic carboxylic acids is 1. The van der Waals surface area contributed by atoms with Gasteiger partial charge in [0.15, 0.2) is 0 Å². The summed E-state index contributed by atoms with van der Waals surface area (Å²) in [5, 5.41) is 17.3. The van der Waals surface area contributed by atoms with Gasteiger partial charge < -0.3 is 25.8 Å². The first-order chi connectivity index (χ1) is 13.8. The Hall–Kier alpha value is -3.10. The van der Waals surface area contributed by atoms with Crippen molar-refractivity contribution in [3.05, 3.63) is 29.8 Å². The zero-order valence-electron chi connectivity index (χ0n) is 16.6. The van der Waals surface area contributed by atoms with Crippen LogP contribution in [0.3, 0.4) is 0 Å². The molecule has 0 saturated carbocycles. The summed E-state index contributed by atoms with van der Waals surface area (Å²) in [4.78, 5) is 48.8. The highest BCUT2D eigenvalue weighted by Crippen LogP contribution is 2.18. The van der Waals surface area contributed by atoms with E-state index in [-0.39, 0.29) is 36.8 Å². The molecule has 1 aromatic carbocycles. The highest BCUT2D eigenvalue weighted by Gasteiger charge is 2.27. The smallest absolute Gasteiger partial charge is 0.326 e. The van der Waals surface area contributed by atoms with Gasteiger partial charge in [-0.2, -0.15) is 0 Å². The SMILES string of the molecule is CC(C)[C@H]1NC(=O)CC[C@@H](C(=O)O)NC(=O)c2ccccc2OCCCNC1=O. The number of carboxylic acid groups (broad SMARTS) is 1. The van der Waals surface area contributed by atoms with Crippen molar-refractivity contribution >= 4 is 23.7 Å². The Balaban J connectivity index is 2.23. The van der Waals surface area contributed by atoms with E-state index in [0.717, 1.165) is 0 Å². The van der Waals surface area contributed by atoms with Gasteiger partial charge in [-0.15, -0.1) is 0 Å². The van der Waals surface area contributed by atoms with Crippen LogP contribution in [0, 0.1) is 5.92 Å². The molecule has 2 atom stereocenters. The molecule has 3 amide bonds. The van der Waals surface area contributed by atoms with Crippen molar-refractivity contribution in [2.45, 2.75) is 45.2 Å². The molecule has 0 aromatic heterocycles. The maximum atomic E-state index is 12.6. The Bertz CT molecular complexity index is 764. The number of fused-ring (bicyclic) bond motifs is 1. The third kappa shape index (κ3) is 6.48. The molecule has 1 aliphatic heterocycles. The van der Waals surface area contributed by atoms with E-state index in [0.29, 0.717) is 18.7 Å². The van der Waals surface area contributed by atoms with Crippen LogP contribution in [-0.2, 0) is 14.4 Å². The molecule has 1 aromatic rings. The zero-order chi connectivity index (χ0) is 21.4. The summed E-state index contributed by atoms with van der Waals surface area (Å²) >= 11 is 0. The Kier molecular flexibility index (Phi) is 7.99. The number of hydrogen-bond acceptors (Lipinski definition) is 5. The molecule has 29 heavy (non-hydrogen) atoms. The van der Waals surface area contributed by atoms with E-state index < -0.39 is 29.9 Å². The molecule has 2 rings (SSSR count). The fraction of sp³-hybridized carbons (Fsp3) is 0.500. The minimum Gasteiger partial charge on any atom is -0.493 e. The summed E-state index contributed by atoms with van der Waals surface area (Å²) in [5.74, 6) is -2.40. The first-order valence-electron chi connectivity index (χ1n) is 9.62. The number of para-hydroxylation sites is 1. The fourth-order valence-corrected chi connectivity index (χ4v) is 2.91.